The lowest BCUT2D eigenvalue weighted by Gasteiger charge is -2.30. The van der Waals surface area contributed by atoms with Crippen LogP contribution in [0, 0.1) is 5.41 Å². The SMILES string of the molecule is COc1cccc(CNC(=O)C2CCCN2C(=O)C(C)(C)C)c1. The number of carbonyl (C=O) groups is 2. The van der Waals surface area contributed by atoms with Crippen molar-refractivity contribution in [3.8, 4) is 5.75 Å². The lowest BCUT2D eigenvalue weighted by atomic mass is 9.94. The summed E-state index contributed by atoms with van der Waals surface area (Å²) in [5.74, 6) is 0.724. The summed E-state index contributed by atoms with van der Waals surface area (Å²) >= 11 is 0. The third-order valence-electron chi connectivity index (χ3n) is 4.06. The van der Waals surface area contributed by atoms with E-state index in [9.17, 15) is 9.59 Å². The number of methoxy groups -OCH3 is 1. The van der Waals surface area contributed by atoms with Crippen LogP contribution in [0.2, 0.25) is 0 Å². The molecule has 126 valence electrons. The number of rotatable bonds is 4. The molecule has 1 fully saturated rings. The first-order chi connectivity index (χ1) is 10.8. The lowest BCUT2D eigenvalue weighted by Crippen LogP contribution is -2.49. The van der Waals surface area contributed by atoms with Crippen molar-refractivity contribution in [3.05, 3.63) is 29.8 Å². The Balaban J connectivity index is 1.98. The fourth-order valence-electron chi connectivity index (χ4n) is 2.80. The van der Waals surface area contributed by atoms with E-state index in [-0.39, 0.29) is 17.9 Å². The minimum absolute atomic E-state index is 0.0385. The molecule has 0 saturated carbocycles. The van der Waals surface area contributed by atoms with Crippen molar-refractivity contribution in [1.82, 2.24) is 10.2 Å². The average molecular weight is 318 g/mol. The molecule has 1 unspecified atom stereocenters. The Kier molecular flexibility index (Phi) is 5.29. The van der Waals surface area contributed by atoms with Gasteiger partial charge in [0.15, 0.2) is 0 Å². The number of nitrogens with zero attached hydrogens (tertiary/aromatic N) is 1. The monoisotopic (exact) mass is 318 g/mol. The standard InChI is InChI=1S/C18H26N2O3/c1-18(2,3)17(22)20-10-6-9-15(20)16(21)19-12-13-7-5-8-14(11-13)23-4/h5,7-8,11,15H,6,9-10,12H2,1-4H3,(H,19,21). The van der Waals surface area contributed by atoms with E-state index >= 15 is 0 Å². The molecule has 1 N–H and O–H groups in total. The number of amides is 2. The third kappa shape index (κ3) is 4.24. The molecule has 5 heteroatoms. The molecule has 0 aliphatic carbocycles. The van der Waals surface area contributed by atoms with Crippen molar-refractivity contribution in [3.63, 3.8) is 0 Å². The Bertz CT molecular complexity index is 578. The third-order valence-corrected chi connectivity index (χ3v) is 4.06. The van der Waals surface area contributed by atoms with E-state index in [1.807, 2.05) is 45.0 Å². The van der Waals surface area contributed by atoms with E-state index in [0.717, 1.165) is 24.2 Å². The highest BCUT2D eigenvalue weighted by molar-refractivity contribution is 5.90. The van der Waals surface area contributed by atoms with Crippen LogP contribution in [0.4, 0.5) is 0 Å². The second-order valence-corrected chi connectivity index (χ2v) is 6.98. The number of nitrogens with one attached hydrogen (secondary N) is 1. The number of carbonyl (C=O) groups excluding carboxylic acids is 2. The first-order valence-corrected chi connectivity index (χ1v) is 8.04. The largest absolute Gasteiger partial charge is 0.497 e. The topological polar surface area (TPSA) is 58.6 Å². The molecule has 0 radical (unpaired) electrons. The van der Waals surface area contributed by atoms with Gasteiger partial charge < -0.3 is 15.0 Å². The Labute approximate surface area is 138 Å². The molecule has 0 bridgehead atoms. The van der Waals surface area contributed by atoms with Gasteiger partial charge in [-0.3, -0.25) is 9.59 Å². The van der Waals surface area contributed by atoms with Gasteiger partial charge in [0.05, 0.1) is 7.11 Å². The highest BCUT2D eigenvalue weighted by Crippen LogP contribution is 2.25. The van der Waals surface area contributed by atoms with E-state index in [0.29, 0.717) is 13.1 Å². The van der Waals surface area contributed by atoms with Crippen LogP contribution in [-0.4, -0.2) is 36.4 Å². The van der Waals surface area contributed by atoms with Crippen LogP contribution in [0.15, 0.2) is 24.3 Å². The van der Waals surface area contributed by atoms with Crippen molar-refractivity contribution in [2.75, 3.05) is 13.7 Å². The van der Waals surface area contributed by atoms with Crippen molar-refractivity contribution in [2.24, 2.45) is 5.41 Å². The van der Waals surface area contributed by atoms with Crippen LogP contribution in [0.25, 0.3) is 0 Å². The normalized spacial score (nSPS) is 17.9. The van der Waals surface area contributed by atoms with E-state index in [1.54, 1.807) is 12.0 Å². The molecule has 1 aliphatic rings. The summed E-state index contributed by atoms with van der Waals surface area (Å²) in [6, 6.07) is 7.24. The molecule has 1 heterocycles. The molecule has 1 aliphatic heterocycles. The lowest BCUT2D eigenvalue weighted by molar-refractivity contribution is -0.144. The Morgan fingerprint density at radius 2 is 2.09 bits per heavy atom. The predicted octanol–water partition coefficient (Wildman–Crippen LogP) is 2.35. The van der Waals surface area contributed by atoms with Crippen LogP contribution in [0.3, 0.4) is 0 Å². The summed E-state index contributed by atoms with van der Waals surface area (Å²) < 4.78 is 5.18. The Morgan fingerprint density at radius 1 is 1.35 bits per heavy atom. The van der Waals surface area contributed by atoms with E-state index in [4.69, 9.17) is 4.74 Å². The number of ether oxygens (including phenoxy) is 1. The molecule has 1 aromatic carbocycles. The molecule has 23 heavy (non-hydrogen) atoms. The number of likely N-dealkylation sites (tertiary alicyclic amines) is 1. The maximum atomic E-state index is 12.5. The van der Waals surface area contributed by atoms with Crippen molar-refractivity contribution in [2.45, 2.75) is 46.2 Å². The van der Waals surface area contributed by atoms with Gasteiger partial charge in [0.1, 0.15) is 11.8 Å². The second-order valence-electron chi connectivity index (χ2n) is 6.98. The Morgan fingerprint density at radius 3 is 2.74 bits per heavy atom. The molecule has 2 amide bonds. The van der Waals surface area contributed by atoms with Crippen molar-refractivity contribution < 1.29 is 14.3 Å². The number of hydrogen-bond acceptors (Lipinski definition) is 3. The summed E-state index contributed by atoms with van der Waals surface area (Å²) in [5.41, 5.74) is 0.514. The first kappa shape index (κ1) is 17.3. The minimum atomic E-state index is -0.463. The Hall–Kier alpha value is -2.04. The zero-order valence-electron chi connectivity index (χ0n) is 14.4. The molecule has 1 saturated heterocycles. The van der Waals surface area contributed by atoms with E-state index in [2.05, 4.69) is 5.32 Å². The zero-order chi connectivity index (χ0) is 17.0. The van der Waals surface area contributed by atoms with Crippen LogP contribution < -0.4 is 10.1 Å². The van der Waals surface area contributed by atoms with Gasteiger partial charge in [0.25, 0.3) is 0 Å². The molecule has 5 nitrogen and oxygen atoms in total. The molecule has 0 aromatic heterocycles. The maximum absolute atomic E-state index is 12.5. The van der Waals surface area contributed by atoms with Crippen LogP contribution in [-0.2, 0) is 16.1 Å². The molecule has 2 rings (SSSR count). The molecule has 0 spiro atoms. The summed E-state index contributed by atoms with van der Waals surface area (Å²) in [7, 11) is 1.62. The number of benzene rings is 1. The molecule has 1 atom stereocenters. The highest BCUT2D eigenvalue weighted by Gasteiger charge is 2.38. The van der Waals surface area contributed by atoms with Crippen molar-refractivity contribution >= 4 is 11.8 Å². The maximum Gasteiger partial charge on any atom is 0.243 e. The molecular formula is C18H26N2O3. The zero-order valence-corrected chi connectivity index (χ0v) is 14.4. The predicted molar refractivity (Wildman–Crippen MR) is 89.0 cm³/mol. The minimum Gasteiger partial charge on any atom is -0.497 e. The van der Waals surface area contributed by atoms with Crippen LogP contribution >= 0.6 is 0 Å². The van der Waals surface area contributed by atoms with Gasteiger partial charge in [-0.2, -0.15) is 0 Å². The van der Waals surface area contributed by atoms with E-state index in [1.165, 1.54) is 0 Å². The summed E-state index contributed by atoms with van der Waals surface area (Å²) in [5, 5.41) is 2.94. The van der Waals surface area contributed by atoms with Gasteiger partial charge in [0.2, 0.25) is 11.8 Å². The number of hydrogen-bond donors (Lipinski definition) is 1. The molecular weight excluding hydrogens is 292 g/mol. The smallest absolute Gasteiger partial charge is 0.243 e. The second kappa shape index (κ2) is 7.02. The van der Waals surface area contributed by atoms with Gasteiger partial charge in [-0.05, 0) is 30.5 Å². The van der Waals surface area contributed by atoms with E-state index < -0.39 is 5.41 Å². The molecule has 1 aromatic rings. The fourth-order valence-corrected chi connectivity index (χ4v) is 2.80. The summed E-state index contributed by atoms with van der Waals surface area (Å²) in [6.07, 6.45) is 1.60. The van der Waals surface area contributed by atoms with Gasteiger partial charge in [-0.25, -0.2) is 0 Å². The summed E-state index contributed by atoms with van der Waals surface area (Å²) in [4.78, 5) is 26.7. The van der Waals surface area contributed by atoms with Gasteiger partial charge >= 0.3 is 0 Å². The van der Waals surface area contributed by atoms with Crippen molar-refractivity contribution in [1.29, 1.82) is 0 Å². The van der Waals surface area contributed by atoms with Crippen LogP contribution in [0.5, 0.6) is 5.75 Å². The fraction of sp³-hybridized carbons (Fsp3) is 0.556. The van der Waals surface area contributed by atoms with Gasteiger partial charge in [0, 0.05) is 18.5 Å². The van der Waals surface area contributed by atoms with Gasteiger partial charge in [-0.15, -0.1) is 0 Å². The first-order valence-electron chi connectivity index (χ1n) is 8.04. The van der Waals surface area contributed by atoms with Crippen LogP contribution in [0.1, 0.15) is 39.2 Å². The van der Waals surface area contributed by atoms with Gasteiger partial charge in [-0.1, -0.05) is 32.9 Å². The quantitative estimate of drug-likeness (QED) is 0.927. The average Bonchev–Trinajstić information content (AvgIpc) is 3.00. The highest BCUT2D eigenvalue weighted by atomic mass is 16.5. The summed E-state index contributed by atoms with van der Waals surface area (Å²) in [6.45, 7) is 6.76.